The van der Waals surface area contributed by atoms with E-state index in [4.69, 9.17) is 21.1 Å². The van der Waals surface area contributed by atoms with Gasteiger partial charge in [-0.15, -0.1) is 0 Å². The summed E-state index contributed by atoms with van der Waals surface area (Å²) in [5, 5.41) is 5.10. The first-order chi connectivity index (χ1) is 14.9. The molecule has 0 radical (unpaired) electrons. The third kappa shape index (κ3) is 4.27. The summed E-state index contributed by atoms with van der Waals surface area (Å²) in [6.45, 7) is 1.86. The van der Waals surface area contributed by atoms with Gasteiger partial charge in [0.15, 0.2) is 0 Å². The summed E-state index contributed by atoms with van der Waals surface area (Å²) in [5.74, 6) is 0.296. The number of halogens is 1. The van der Waals surface area contributed by atoms with E-state index in [1.54, 1.807) is 37.3 Å². The lowest BCUT2D eigenvalue weighted by atomic mass is 10.1. The number of carbonyl (C=O) groups excluding carboxylic acids is 1. The fourth-order valence-corrected chi connectivity index (χ4v) is 3.70. The lowest BCUT2D eigenvalue weighted by Crippen LogP contribution is -2.13. The van der Waals surface area contributed by atoms with Gasteiger partial charge in [-0.2, -0.15) is 5.10 Å². The van der Waals surface area contributed by atoms with Crippen molar-refractivity contribution in [3.63, 3.8) is 0 Å². The first kappa shape index (κ1) is 20.9. The third-order valence-corrected chi connectivity index (χ3v) is 5.50. The Morgan fingerprint density at radius 1 is 1.16 bits per heavy atom. The number of hydrogen-bond donors (Lipinski definition) is 0. The second-order valence-corrected chi connectivity index (χ2v) is 7.84. The zero-order chi connectivity index (χ0) is 22.1. The molecule has 4 aromatic rings. The molecule has 1 atom stereocenters. The van der Waals surface area contributed by atoms with E-state index in [0.717, 1.165) is 27.9 Å². The summed E-state index contributed by atoms with van der Waals surface area (Å²) in [6.07, 6.45) is 1.49. The number of aryl methyl sites for hydroxylation is 2. The van der Waals surface area contributed by atoms with Crippen LogP contribution < -0.4 is 4.74 Å². The molecule has 0 spiro atoms. The fraction of sp³-hybridized carbons (Fsp3) is 0.261. The van der Waals surface area contributed by atoms with Crippen LogP contribution >= 0.6 is 11.6 Å². The summed E-state index contributed by atoms with van der Waals surface area (Å²) < 4.78 is 14.7. The van der Waals surface area contributed by atoms with Crippen LogP contribution in [0, 0.1) is 0 Å². The molecule has 0 fully saturated rings. The van der Waals surface area contributed by atoms with Crippen LogP contribution in [0.3, 0.4) is 0 Å². The maximum atomic E-state index is 12.6. The van der Waals surface area contributed by atoms with Gasteiger partial charge in [-0.05, 0) is 48.9 Å². The van der Waals surface area contributed by atoms with Gasteiger partial charge in [0, 0.05) is 30.4 Å². The average molecular weight is 439 g/mol. The van der Waals surface area contributed by atoms with E-state index in [1.807, 2.05) is 48.9 Å². The van der Waals surface area contributed by atoms with Crippen molar-refractivity contribution in [3.05, 3.63) is 65.1 Å². The van der Waals surface area contributed by atoms with E-state index in [-0.39, 0.29) is 18.5 Å². The molecule has 0 N–H and O–H groups in total. The van der Waals surface area contributed by atoms with Crippen molar-refractivity contribution in [2.45, 2.75) is 19.4 Å². The van der Waals surface area contributed by atoms with Gasteiger partial charge < -0.3 is 14.0 Å². The van der Waals surface area contributed by atoms with Gasteiger partial charge in [0.2, 0.25) is 0 Å². The quantitative estimate of drug-likeness (QED) is 0.415. The van der Waals surface area contributed by atoms with Crippen LogP contribution in [0.15, 0.2) is 48.8 Å². The minimum absolute atomic E-state index is 0.107. The first-order valence-corrected chi connectivity index (χ1v) is 10.2. The number of carbonyl (C=O) groups is 1. The van der Waals surface area contributed by atoms with Crippen molar-refractivity contribution in [1.82, 2.24) is 19.3 Å². The highest BCUT2D eigenvalue weighted by Crippen LogP contribution is 2.32. The molecule has 0 bridgehead atoms. The first-order valence-electron chi connectivity index (χ1n) is 9.83. The maximum absolute atomic E-state index is 12.6. The molecule has 2 aromatic heterocycles. The number of imidazole rings is 1. The van der Waals surface area contributed by atoms with Gasteiger partial charge in [-0.3, -0.25) is 9.48 Å². The van der Waals surface area contributed by atoms with Gasteiger partial charge in [0.05, 0.1) is 36.6 Å². The monoisotopic (exact) mass is 438 g/mol. The second-order valence-electron chi connectivity index (χ2n) is 7.40. The van der Waals surface area contributed by atoms with E-state index < -0.39 is 0 Å². The molecule has 0 aliphatic heterocycles. The number of hydrogen-bond acceptors (Lipinski definition) is 5. The molecule has 0 saturated heterocycles. The Labute approximate surface area is 185 Å². The molecule has 0 saturated carbocycles. The molecule has 8 heteroatoms. The molecular weight excluding hydrogens is 416 g/mol. The average Bonchev–Trinajstić information content (AvgIpc) is 3.29. The summed E-state index contributed by atoms with van der Waals surface area (Å²) in [7, 11) is 5.33. The highest BCUT2D eigenvalue weighted by atomic mass is 35.5. The Hall–Kier alpha value is -3.32. The van der Waals surface area contributed by atoms with Crippen LogP contribution in [0.25, 0.3) is 22.3 Å². The van der Waals surface area contributed by atoms with Crippen LogP contribution in [-0.4, -0.2) is 32.4 Å². The molecule has 160 valence electrons. The number of benzene rings is 2. The number of rotatable bonds is 6. The third-order valence-electron chi connectivity index (χ3n) is 5.27. The predicted octanol–water partition coefficient (Wildman–Crippen LogP) is 4.48. The molecule has 1 unspecified atom stereocenters. The Balaban J connectivity index is 1.48. The summed E-state index contributed by atoms with van der Waals surface area (Å²) in [4.78, 5) is 17.0. The molecule has 0 amide bonds. The van der Waals surface area contributed by atoms with Crippen molar-refractivity contribution >= 4 is 28.6 Å². The van der Waals surface area contributed by atoms with Crippen LogP contribution in [-0.2, 0) is 30.0 Å². The van der Waals surface area contributed by atoms with Crippen molar-refractivity contribution in [1.29, 1.82) is 0 Å². The van der Waals surface area contributed by atoms with Gasteiger partial charge in [0.25, 0.3) is 0 Å². The number of aromatic nitrogens is 4. The van der Waals surface area contributed by atoms with E-state index in [0.29, 0.717) is 16.5 Å². The largest absolute Gasteiger partial charge is 0.496 e. The number of esters is 1. The predicted molar refractivity (Wildman–Crippen MR) is 119 cm³/mol. The molecule has 0 aliphatic carbocycles. The molecule has 0 aliphatic rings. The molecule has 31 heavy (non-hydrogen) atoms. The summed E-state index contributed by atoms with van der Waals surface area (Å²) >= 11 is 6.05. The Morgan fingerprint density at radius 3 is 2.74 bits per heavy atom. The van der Waals surface area contributed by atoms with E-state index >= 15 is 0 Å². The highest BCUT2D eigenvalue weighted by molar-refractivity contribution is 6.30. The van der Waals surface area contributed by atoms with Crippen LogP contribution in [0.5, 0.6) is 5.75 Å². The maximum Gasteiger partial charge on any atom is 0.312 e. The fourth-order valence-electron chi connectivity index (χ4n) is 3.54. The smallest absolute Gasteiger partial charge is 0.312 e. The van der Waals surface area contributed by atoms with Gasteiger partial charge in [-0.25, -0.2) is 4.98 Å². The number of nitrogens with zero attached hydrogens (tertiary/aromatic N) is 4. The lowest BCUT2D eigenvalue weighted by Gasteiger charge is -2.14. The van der Waals surface area contributed by atoms with Crippen LogP contribution in [0.2, 0.25) is 5.02 Å². The summed E-state index contributed by atoms with van der Waals surface area (Å²) in [5.41, 5.74) is 5.05. The van der Waals surface area contributed by atoms with Crippen molar-refractivity contribution in [3.8, 4) is 17.0 Å². The zero-order valence-electron chi connectivity index (χ0n) is 17.8. The molecular formula is C23H23ClN4O3. The number of ether oxygens (including phenoxy) is 2. The standard InChI is InChI=1S/C23H23ClN4O3/c1-14(15-5-8-21-20(9-15)25-13-27(21)2)31-23(29)12-17-11-19(26-28(17)3)18-7-6-16(24)10-22(18)30-4/h5-11,13-14H,12H2,1-4H3. The second kappa shape index (κ2) is 8.43. The number of fused-ring (bicyclic) bond motifs is 1. The Morgan fingerprint density at radius 2 is 1.97 bits per heavy atom. The Kier molecular flexibility index (Phi) is 5.69. The highest BCUT2D eigenvalue weighted by Gasteiger charge is 2.18. The van der Waals surface area contributed by atoms with Gasteiger partial charge in [0.1, 0.15) is 11.9 Å². The van der Waals surface area contributed by atoms with Crippen LogP contribution in [0.1, 0.15) is 24.3 Å². The minimum atomic E-state index is -0.386. The van der Waals surface area contributed by atoms with Gasteiger partial charge >= 0.3 is 5.97 Å². The topological polar surface area (TPSA) is 71.2 Å². The SMILES string of the molecule is COc1cc(Cl)ccc1-c1cc(CC(=O)OC(C)c2ccc3c(c2)ncn3C)n(C)n1. The normalized spacial score (nSPS) is 12.2. The van der Waals surface area contributed by atoms with E-state index in [9.17, 15) is 4.79 Å². The molecule has 7 nitrogen and oxygen atoms in total. The lowest BCUT2D eigenvalue weighted by molar-refractivity contribution is -0.147. The Bertz CT molecular complexity index is 1260. The number of methoxy groups -OCH3 is 1. The zero-order valence-corrected chi connectivity index (χ0v) is 18.6. The van der Waals surface area contributed by atoms with E-state index in [2.05, 4.69) is 10.1 Å². The van der Waals surface area contributed by atoms with Gasteiger partial charge in [-0.1, -0.05) is 17.7 Å². The van der Waals surface area contributed by atoms with Crippen molar-refractivity contribution in [2.75, 3.05) is 7.11 Å². The minimum Gasteiger partial charge on any atom is -0.496 e. The van der Waals surface area contributed by atoms with Crippen LogP contribution in [0.4, 0.5) is 0 Å². The van der Waals surface area contributed by atoms with Crippen molar-refractivity contribution < 1.29 is 14.3 Å². The molecule has 4 rings (SSSR count). The molecule has 2 heterocycles. The molecule has 2 aromatic carbocycles. The summed E-state index contributed by atoms with van der Waals surface area (Å²) in [6, 6.07) is 13.1. The van der Waals surface area contributed by atoms with E-state index in [1.165, 1.54) is 0 Å². The van der Waals surface area contributed by atoms with Crippen molar-refractivity contribution in [2.24, 2.45) is 14.1 Å².